The number of rotatable bonds is 4. The molecule has 2 atom stereocenters. The van der Waals surface area contributed by atoms with Gasteiger partial charge in [0.1, 0.15) is 17.1 Å². The topological polar surface area (TPSA) is 44.3 Å². The Morgan fingerprint density at radius 2 is 1.56 bits per heavy atom. The summed E-state index contributed by atoms with van der Waals surface area (Å²) in [6.45, 7) is 21.2. The van der Waals surface area contributed by atoms with Crippen LogP contribution in [0.15, 0.2) is 96.1 Å². The molecule has 1 aliphatic heterocycles. The maximum absolute atomic E-state index is 9.54. The van der Waals surface area contributed by atoms with Gasteiger partial charge in [-0.1, -0.05) is 87.3 Å². The number of pyridine rings is 1. The number of aryl methyl sites for hydroxylation is 2. The largest absolute Gasteiger partial charge is 2.00 e. The molecule has 0 radical (unpaired) electrons. The molecule has 0 spiro atoms. The monoisotopic (exact) mass is 929 g/mol. The number of benzene rings is 5. The summed E-state index contributed by atoms with van der Waals surface area (Å²) in [4.78, 5) is 10.1. The second kappa shape index (κ2) is 12.8. The van der Waals surface area contributed by atoms with Gasteiger partial charge < -0.3 is 13.9 Å². The molecule has 0 saturated carbocycles. The summed E-state index contributed by atoms with van der Waals surface area (Å²) in [6.07, 6.45) is 0.114. The van der Waals surface area contributed by atoms with Crippen molar-refractivity contribution in [2.75, 3.05) is 0 Å². The second-order valence-electron chi connectivity index (χ2n) is 17.7. The summed E-state index contributed by atoms with van der Waals surface area (Å²) in [5.74, 6) is 0.600. The van der Waals surface area contributed by atoms with Crippen molar-refractivity contribution < 1.29 is 28.5 Å². The van der Waals surface area contributed by atoms with Crippen LogP contribution in [-0.2, 0) is 43.2 Å². The van der Waals surface area contributed by atoms with Gasteiger partial charge in [0.25, 0.3) is 0 Å². The molecular weight excluding hydrogens is 880 g/mol. The first-order valence-electron chi connectivity index (χ1n) is 20.8. The fraction of sp³-hybridized carbons (Fsp3) is 0.294. The molecule has 288 valence electrons. The molecule has 2 aliphatic rings. The van der Waals surface area contributed by atoms with Gasteiger partial charge in [-0.3, -0.25) is 4.99 Å². The van der Waals surface area contributed by atoms with Gasteiger partial charge in [-0.2, -0.15) is 6.07 Å². The first-order chi connectivity index (χ1) is 27.4. The maximum atomic E-state index is 9.54. The third-order valence-corrected chi connectivity index (χ3v) is 12.6. The van der Waals surface area contributed by atoms with Gasteiger partial charge in [0.2, 0.25) is 0 Å². The van der Waals surface area contributed by atoms with E-state index in [9.17, 15) is 2.74 Å². The van der Waals surface area contributed by atoms with E-state index in [1.807, 2.05) is 46.0 Å². The Labute approximate surface area is 352 Å². The molecule has 0 fully saturated rings. The minimum Gasteiger partial charge on any atom is -0.508 e. The van der Waals surface area contributed by atoms with Gasteiger partial charge in [0, 0.05) is 37.2 Å². The molecule has 0 unspecified atom stereocenters. The number of hydrogen-bond donors (Lipinski definition) is 0. The first-order valence-corrected chi connectivity index (χ1v) is 19.8. The Morgan fingerprint density at radius 1 is 0.807 bits per heavy atom. The third-order valence-electron chi connectivity index (χ3n) is 12.6. The first kappa shape index (κ1) is 35.2. The predicted octanol–water partition coefficient (Wildman–Crippen LogP) is 12.2. The summed E-state index contributed by atoms with van der Waals surface area (Å²) in [7, 11) is 0. The minimum absolute atomic E-state index is 0. The van der Waals surface area contributed by atoms with Crippen LogP contribution in [0.3, 0.4) is 0 Å². The van der Waals surface area contributed by atoms with E-state index < -0.39 is 17.5 Å². The normalized spacial score (nSPS) is 20.4. The zero-order chi connectivity index (χ0) is 40.8. The zero-order valence-corrected chi connectivity index (χ0v) is 36.5. The number of aliphatic imine (C=N–C) groups is 1. The van der Waals surface area contributed by atoms with Gasteiger partial charge >= 0.3 is 21.1 Å². The van der Waals surface area contributed by atoms with Crippen molar-refractivity contribution in [3.8, 4) is 11.4 Å². The van der Waals surface area contributed by atoms with Crippen LogP contribution >= 0.6 is 0 Å². The van der Waals surface area contributed by atoms with Crippen LogP contribution in [0.25, 0.3) is 55.1 Å². The Balaban J connectivity index is 0.00000449. The summed E-state index contributed by atoms with van der Waals surface area (Å²) in [5.41, 5.74) is 11.4. The molecule has 1 aliphatic carbocycles. The van der Waals surface area contributed by atoms with Gasteiger partial charge in [-0.15, -0.1) is 41.3 Å². The van der Waals surface area contributed by atoms with Crippen molar-refractivity contribution in [2.45, 2.75) is 98.1 Å². The average molecular weight is 930 g/mol. The van der Waals surface area contributed by atoms with Gasteiger partial charge in [0.05, 0.1) is 11.1 Å². The van der Waals surface area contributed by atoms with E-state index >= 15 is 0 Å². The molecule has 57 heavy (non-hydrogen) atoms. The maximum Gasteiger partial charge on any atom is 2.00 e. The summed E-state index contributed by atoms with van der Waals surface area (Å²) >= 11 is 0. The summed E-state index contributed by atoms with van der Waals surface area (Å²) < 4.78 is 30.5. The van der Waals surface area contributed by atoms with E-state index in [1.54, 1.807) is 0 Å². The van der Waals surface area contributed by atoms with Crippen LogP contribution in [0, 0.1) is 32.9 Å². The fourth-order valence-corrected chi connectivity index (χ4v) is 8.95. The number of aromatic nitrogens is 3. The molecular formula is C51H48N4OPt. The molecule has 0 N–H and O–H groups in total. The fourth-order valence-electron chi connectivity index (χ4n) is 8.95. The molecule has 5 nitrogen and oxygen atoms in total. The standard InChI is InChI=1S/C51H48N4O.Pt/c1-29(2)33-23-34(48-53-50(9)28-42-32(5)31(4)14-18-43(42)51(50,10)56-48)25-37(24-33)54-44-19-13-30(3)22-40(44)38-17-16-36(27-46(38)54)55-45-20-15-35(49(6,7)8)26-41(45)39-12-11-21-52-47(39)55;/h11-24,26,29H,28H2,1-10H3;/q-2;+2/t50-,51+;/m1./s1/i28D2;. The molecule has 4 heterocycles. The van der Waals surface area contributed by atoms with Crippen molar-refractivity contribution in [1.82, 2.24) is 14.1 Å². The Morgan fingerprint density at radius 3 is 2.33 bits per heavy atom. The molecule has 0 saturated heterocycles. The smallest absolute Gasteiger partial charge is 0.508 e. The van der Waals surface area contributed by atoms with Gasteiger partial charge in [-0.25, -0.2) is 4.98 Å². The number of nitrogens with zero attached hydrogens (tertiary/aromatic N) is 4. The summed E-state index contributed by atoms with van der Waals surface area (Å²) in [6, 6.07) is 38.0. The van der Waals surface area contributed by atoms with E-state index in [4.69, 9.17) is 14.7 Å². The minimum atomic E-state index is -1.75. The number of ether oxygens (including phenoxy) is 1. The zero-order valence-electron chi connectivity index (χ0n) is 36.3. The molecule has 8 aromatic rings. The molecule has 5 aromatic carbocycles. The van der Waals surface area contributed by atoms with Crippen molar-refractivity contribution >= 4 is 49.6 Å². The van der Waals surface area contributed by atoms with E-state index in [2.05, 4.69) is 136 Å². The van der Waals surface area contributed by atoms with Crippen molar-refractivity contribution in [3.63, 3.8) is 0 Å². The van der Waals surface area contributed by atoms with E-state index in [0.29, 0.717) is 17.0 Å². The Bertz CT molecular complexity index is 3110. The van der Waals surface area contributed by atoms with Crippen LogP contribution in [0.4, 0.5) is 0 Å². The Kier molecular flexibility index (Phi) is 7.87. The van der Waals surface area contributed by atoms with Crippen molar-refractivity contribution in [3.05, 3.63) is 148 Å². The van der Waals surface area contributed by atoms with E-state index in [0.717, 1.165) is 72.0 Å². The third kappa shape index (κ3) is 5.44. The second-order valence-corrected chi connectivity index (χ2v) is 17.7. The predicted molar refractivity (Wildman–Crippen MR) is 231 cm³/mol. The molecule has 0 bridgehead atoms. The molecule has 3 aromatic heterocycles. The Hall–Kier alpha value is -4.99. The van der Waals surface area contributed by atoms with Gasteiger partial charge in [-0.05, 0) is 110 Å². The van der Waals surface area contributed by atoms with Crippen LogP contribution in [0.2, 0.25) is 0 Å². The van der Waals surface area contributed by atoms with Crippen LogP contribution in [0.1, 0.15) is 102 Å². The van der Waals surface area contributed by atoms with E-state index in [-0.39, 0.29) is 32.4 Å². The number of fused-ring (bicyclic) bond motifs is 9. The molecule has 10 rings (SSSR count). The SMILES string of the molecule is [2H]C1([2H])c2c(ccc(C)c2C)[C@]2(C)OC(c3[c-]c(-n4c5[c-]c(-n6c7ccc(C(C)(C)C)cc7c7cccnc76)ccc5c5cc(C)ccc54)cc(C(C)C)c3)=N[C@]12C.[Pt+2]. The summed E-state index contributed by atoms with van der Waals surface area (Å²) in [5, 5.41) is 4.51. The van der Waals surface area contributed by atoms with Crippen LogP contribution in [-0.4, -0.2) is 25.6 Å². The molecule has 6 heteroatoms. The van der Waals surface area contributed by atoms with Gasteiger partial charge in [0.15, 0.2) is 0 Å². The van der Waals surface area contributed by atoms with E-state index in [1.165, 1.54) is 16.5 Å². The van der Waals surface area contributed by atoms with Crippen LogP contribution in [0.5, 0.6) is 0 Å². The van der Waals surface area contributed by atoms with Crippen molar-refractivity contribution in [2.24, 2.45) is 4.99 Å². The van der Waals surface area contributed by atoms with Crippen LogP contribution < -0.4 is 0 Å². The van der Waals surface area contributed by atoms with Crippen molar-refractivity contribution in [1.29, 1.82) is 0 Å². The average Bonchev–Trinajstić information content (AvgIpc) is 3.82. The number of hydrogen-bond acceptors (Lipinski definition) is 3. The molecule has 0 amide bonds. The quantitative estimate of drug-likeness (QED) is 0.165.